The lowest BCUT2D eigenvalue weighted by atomic mass is 10.2. The van der Waals surface area contributed by atoms with E-state index in [1.807, 2.05) is 0 Å². The molecule has 0 fully saturated rings. The summed E-state index contributed by atoms with van der Waals surface area (Å²) in [5, 5.41) is 4.48. The second-order valence-electron chi connectivity index (χ2n) is 7.12. The van der Waals surface area contributed by atoms with Gasteiger partial charge in [-0.05, 0) is 52.3 Å². The molecule has 2 heterocycles. The SMILES string of the molecule is Cc1c(Cl)cccc1S(=O)(=O)n1cc2c(=O)n(C(C)C)c(=O)n(C(C)C)c2n1. The molecule has 0 spiro atoms. The number of hydrogen-bond donors (Lipinski definition) is 0. The van der Waals surface area contributed by atoms with Gasteiger partial charge in [0.2, 0.25) is 0 Å². The van der Waals surface area contributed by atoms with E-state index in [9.17, 15) is 18.0 Å². The number of hydrogen-bond acceptors (Lipinski definition) is 5. The maximum absolute atomic E-state index is 13.1. The quantitative estimate of drug-likeness (QED) is 0.641. The number of nitrogens with zero attached hydrogens (tertiary/aromatic N) is 4. The van der Waals surface area contributed by atoms with Crippen molar-refractivity contribution in [1.82, 2.24) is 18.3 Å². The molecule has 8 nitrogen and oxygen atoms in total. The lowest BCUT2D eigenvalue weighted by Gasteiger charge is -2.15. The van der Waals surface area contributed by atoms with E-state index in [0.29, 0.717) is 10.6 Å². The molecule has 0 saturated carbocycles. The molecule has 10 heteroatoms. The molecule has 0 N–H and O–H groups in total. The van der Waals surface area contributed by atoms with Crippen molar-refractivity contribution >= 4 is 32.7 Å². The maximum atomic E-state index is 13.1. The number of fused-ring (bicyclic) bond motifs is 1. The van der Waals surface area contributed by atoms with Crippen LogP contribution < -0.4 is 11.2 Å². The van der Waals surface area contributed by atoms with Gasteiger partial charge in [0.1, 0.15) is 5.39 Å². The number of rotatable bonds is 4. The summed E-state index contributed by atoms with van der Waals surface area (Å²) in [6.45, 7) is 8.56. The first kappa shape index (κ1) is 20.3. The third-order valence-corrected chi connectivity index (χ3v) is 6.63. The van der Waals surface area contributed by atoms with Gasteiger partial charge in [0.15, 0.2) is 5.65 Å². The van der Waals surface area contributed by atoms with E-state index >= 15 is 0 Å². The van der Waals surface area contributed by atoms with Gasteiger partial charge in [-0.15, -0.1) is 5.10 Å². The molecule has 1 aromatic carbocycles. The van der Waals surface area contributed by atoms with Crippen LogP contribution >= 0.6 is 11.6 Å². The van der Waals surface area contributed by atoms with Crippen LogP contribution in [0.3, 0.4) is 0 Å². The minimum absolute atomic E-state index is 0.0181. The summed E-state index contributed by atoms with van der Waals surface area (Å²) in [6, 6.07) is 3.84. The van der Waals surface area contributed by atoms with Crippen LogP contribution in [0.25, 0.3) is 11.0 Å². The van der Waals surface area contributed by atoms with E-state index in [0.717, 1.165) is 14.9 Å². The highest BCUT2D eigenvalue weighted by molar-refractivity contribution is 7.89. The van der Waals surface area contributed by atoms with Crippen LogP contribution in [0.1, 0.15) is 45.3 Å². The Morgan fingerprint density at radius 1 is 1.04 bits per heavy atom. The van der Waals surface area contributed by atoms with E-state index in [2.05, 4.69) is 5.10 Å². The highest BCUT2D eigenvalue weighted by atomic mass is 35.5. The molecular formula is C18H21ClN4O4S. The molecule has 0 amide bonds. The largest absolute Gasteiger partial charge is 0.333 e. The number of aromatic nitrogens is 4. The summed E-state index contributed by atoms with van der Waals surface area (Å²) >= 11 is 6.06. The van der Waals surface area contributed by atoms with E-state index in [1.54, 1.807) is 40.7 Å². The van der Waals surface area contributed by atoms with E-state index in [4.69, 9.17) is 11.6 Å². The smallest absolute Gasteiger partial charge is 0.273 e. The van der Waals surface area contributed by atoms with Crippen molar-refractivity contribution < 1.29 is 8.42 Å². The number of halogens is 1. The predicted molar refractivity (Wildman–Crippen MR) is 108 cm³/mol. The molecule has 28 heavy (non-hydrogen) atoms. The van der Waals surface area contributed by atoms with Crippen LogP contribution in [0.5, 0.6) is 0 Å². The van der Waals surface area contributed by atoms with Crippen molar-refractivity contribution in [2.75, 3.05) is 0 Å². The molecule has 0 aliphatic heterocycles. The van der Waals surface area contributed by atoms with Crippen LogP contribution in [-0.4, -0.2) is 26.7 Å². The fraction of sp³-hybridized carbons (Fsp3) is 0.389. The molecule has 0 saturated heterocycles. The highest BCUT2D eigenvalue weighted by Gasteiger charge is 2.26. The minimum Gasteiger partial charge on any atom is -0.273 e. The predicted octanol–water partition coefficient (Wildman–Crippen LogP) is 2.72. The first-order valence-electron chi connectivity index (χ1n) is 8.75. The summed E-state index contributed by atoms with van der Waals surface area (Å²) in [7, 11) is -4.10. The fourth-order valence-corrected chi connectivity index (χ4v) is 4.72. The normalized spacial score (nSPS) is 12.4. The molecule has 0 unspecified atom stereocenters. The molecule has 3 rings (SSSR count). The Bertz CT molecular complexity index is 1300. The Balaban J connectivity index is 2.42. The first-order valence-corrected chi connectivity index (χ1v) is 10.6. The first-order chi connectivity index (χ1) is 13.0. The average Bonchev–Trinajstić information content (AvgIpc) is 3.02. The van der Waals surface area contributed by atoms with Crippen LogP contribution in [0.15, 0.2) is 38.9 Å². The lowest BCUT2D eigenvalue weighted by molar-refractivity contribution is 0.486. The molecule has 150 valence electrons. The standard InChI is InChI=1S/C18H21ClN4O4S/c1-10(2)22-16-13(17(24)23(11(3)4)18(22)25)9-21(20-16)28(26,27)15-8-6-7-14(19)12(15)5/h6-11H,1-5H3. The molecular weight excluding hydrogens is 404 g/mol. The second-order valence-corrected chi connectivity index (χ2v) is 9.29. The van der Waals surface area contributed by atoms with E-state index in [-0.39, 0.29) is 28.0 Å². The zero-order chi connectivity index (χ0) is 21.0. The molecule has 0 atom stereocenters. The molecule has 0 aliphatic carbocycles. The topological polar surface area (TPSA) is 96.0 Å². The average molecular weight is 425 g/mol. The van der Waals surface area contributed by atoms with Gasteiger partial charge in [0, 0.05) is 17.1 Å². The summed E-state index contributed by atoms with van der Waals surface area (Å²) in [5.74, 6) is 0. The zero-order valence-electron chi connectivity index (χ0n) is 16.2. The third-order valence-electron chi connectivity index (χ3n) is 4.54. The van der Waals surface area contributed by atoms with Gasteiger partial charge in [-0.3, -0.25) is 13.9 Å². The van der Waals surface area contributed by atoms with Crippen LogP contribution in [-0.2, 0) is 10.0 Å². The molecule has 0 aliphatic rings. The Kier molecular flexibility index (Phi) is 5.01. The third kappa shape index (κ3) is 2.98. The maximum Gasteiger partial charge on any atom is 0.333 e. The van der Waals surface area contributed by atoms with E-state index < -0.39 is 21.3 Å². The summed E-state index contributed by atoms with van der Waals surface area (Å²) in [4.78, 5) is 25.6. The van der Waals surface area contributed by atoms with Gasteiger partial charge in [0.05, 0.1) is 11.1 Å². The zero-order valence-corrected chi connectivity index (χ0v) is 17.7. The summed E-state index contributed by atoms with van der Waals surface area (Å²) in [6.07, 6.45) is 1.16. The van der Waals surface area contributed by atoms with Crippen LogP contribution in [0, 0.1) is 6.92 Å². The number of benzene rings is 1. The molecule has 0 radical (unpaired) electrons. The Hall–Kier alpha value is -2.39. The molecule has 2 aromatic heterocycles. The van der Waals surface area contributed by atoms with Crippen molar-refractivity contribution in [3.63, 3.8) is 0 Å². The monoisotopic (exact) mass is 424 g/mol. The van der Waals surface area contributed by atoms with E-state index in [1.165, 1.54) is 16.7 Å². The Morgan fingerprint density at radius 3 is 2.21 bits per heavy atom. The highest BCUT2D eigenvalue weighted by Crippen LogP contribution is 2.25. The Labute approximate surface area is 167 Å². The van der Waals surface area contributed by atoms with Crippen molar-refractivity contribution in [2.45, 2.75) is 51.6 Å². The van der Waals surface area contributed by atoms with Crippen LogP contribution in [0.4, 0.5) is 0 Å². The summed E-state index contributed by atoms with van der Waals surface area (Å²) < 4.78 is 29.4. The van der Waals surface area contributed by atoms with Crippen molar-refractivity contribution in [1.29, 1.82) is 0 Å². The van der Waals surface area contributed by atoms with Crippen molar-refractivity contribution in [2.24, 2.45) is 0 Å². The van der Waals surface area contributed by atoms with Gasteiger partial charge in [-0.25, -0.2) is 4.79 Å². The summed E-state index contributed by atoms with van der Waals surface area (Å²) in [5.41, 5.74) is -0.685. The molecule has 3 aromatic rings. The lowest BCUT2D eigenvalue weighted by Crippen LogP contribution is -2.41. The second kappa shape index (κ2) is 6.89. The molecule has 0 bridgehead atoms. The van der Waals surface area contributed by atoms with Gasteiger partial charge < -0.3 is 0 Å². The van der Waals surface area contributed by atoms with Gasteiger partial charge in [-0.2, -0.15) is 12.5 Å². The van der Waals surface area contributed by atoms with Gasteiger partial charge in [0.25, 0.3) is 15.6 Å². The van der Waals surface area contributed by atoms with Crippen molar-refractivity contribution in [3.8, 4) is 0 Å². The minimum atomic E-state index is -4.10. The Morgan fingerprint density at radius 2 is 1.64 bits per heavy atom. The van der Waals surface area contributed by atoms with Gasteiger partial charge in [-0.1, -0.05) is 17.7 Å². The van der Waals surface area contributed by atoms with Crippen LogP contribution in [0.2, 0.25) is 5.02 Å². The van der Waals surface area contributed by atoms with Crippen molar-refractivity contribution in [3.05, 3.63) is 55.8 Å². The van der Waals surface area contributed by atoms with Gasteiger partial charge >= 0.3 is 5.69 Å². The fourth-order valence-electron chi connectivity index (χ4n) is 3.11.